The molecule has 1 aliphatic heterocycles. The molecule has 1 aliphatic rings. The number of nitrogens with one attached hydrogen (secondary N) is 1. The molecule has 1 atom stereocenters. The summed E-state index contributed by atoms with van der Waals surface area (Å²) in [5, 5.41) is 3.72. The zero-order valence-corrected chi connectivity index (χ0v) is 13.4. The highest BCUT2D eigenvalue weighted by Gasteiger charge is 2.27. The zero-order valence-electron chi connectivity index (χ0n) is 13.4. The normalized spacial score (nSPS) is 23.7. The second-order valence-electron chi connectivity index (χ2n) is 7.51. The maximum atomic E-state index is 3.72. The molecule has 0 aromatic carbocycles. The predicted molar refractivity (Wildman–Crippen MR) is 80.9 cm³/mol. The lowest BCUT2D eigenvalue weighted by molar-refractivity contribution is 0.130. The Morgan fingerprint density at radius 1 is 1.22 bits per heavy atom. The Hall–Kier alpha value is -0.0800. The largest absolute Gasteiger partial charge is 0.313 e. The minimum atomic E-state index is 0.423. The Bertz CT molecular complexity index is 233. The van der Waals surface area contributed by atoms with Crippen molar-refractivity contribution < 1.29 is 0 Å². The summed E-state index contributed by atoms with van der Waals surface area (Å²) >= 11 is 0. The number of hydrogen-bond acceptors (Lipinski definition) is 2. The van der Waals surface area contributed by atoms with Gasteiger partial charge in [-0.05, 0) is 43.2 Å². The summed E-state index contributed by atoms with van der Waals surface area (Å²) in [7, 11) is 0. The molecule has 1 fully saturated rings. The van der Waals surface area contributed by atoms with Gasteiger partial charge in [-0.2, -0.15) is 0 Å². The molecule has 1 saturated heterocycles. The Morgan fingerprint density at radius 3 is 2.44 bits per heavy atom. The SMILES string of the molecule is CC(C)CC1CN(CC(C)(C)C(C)C)CCCN1. The Kier molecular flexibility index (Phi) is 6.13. The third-order valence-electron chi connectivity index (χ3n) is 4.51. The topological polar surface area (TPSA) is 15.3 Å². The number of nitrogens with zero attached hydrogens (tertiary/aromatic N) is 1. The molecule has 2 nitrogen and oxygen atoms in total. The molecule has 1 N–H and O–H groups in total. The van der Waals surface area contributed by atoms with Crippen molar-refractivity contribution in [1.82, 2.24) is 10.2 Å². The molecule has 2 heteroatoms. The number of hydrogen-bond donors (Lipinski definition) is 1. The van der Waals surface area contributed by atoms with Crippen molar-refractivity contribution in [2.24, 2.45) is 17.3 Å². The summed E-state index contributed by atoms with van der Waals surface area (Å²) in [4.78, 5) is 2.69. The molecule has 0 saturated carbocycles. The molecule has 0 amide bonds. The van der Waals surface area contributed by atoms with Crippen molar-refractivity contribution in [3.8, 4) is 0 Å². The molecule has 0 bridgehead atoms. The van der Waals surface area contributed by atoms with Gasteiger partial charge in [-0.3, -0.25) is 0 Å². The van der Waals surface area contributed by atoms with Gasteiger partial charge < -0.3 is 10.2 Å². The summed E-state index contributed by atoms with van der Waals surface area (Å²) in [5.74, 6) is 1.54. The van der Waals surface area contributed by atoms with Gasteiger partial charge in [0.05, 0.1) is 0 Å². The summed E-state index contributed by atoms with van der Waals surface area (Å²) in [6.45, 7) is 19.1. The van der Waals surface area contributed by atoms with E-state index in [-0.39, 0.29) is 0 Å². The van der Waals surface area contributed by atoms with Crippen molar-refractivity contribution in [2.75, 3.05) is 26.2 Å². The van der Waals surface area contributed by atoms with Gasteiger partial charge in [0, 0.05) is 19.1 Å². The molecule has 0 radical (unpaired) electrons. The van der Waals surface area contributed by atoms with E-state index in [0.717, 1.165) is 11.8 Å². The molecule has 1 heterocycles. The molecule has 1 unspecified atom stereocenters. The molecule has 0 spiro atoms. The van der Waals surface area contributed by atoms with E-state index in [1.165, 1.54) is 39.0 Å². The van der Waals surface area contributed by atoms with Crippen molar-refractivity contribution in [3.05, 3.63) is 0 Å². The molecular formula is C16H34N2. The van der Waals surface area contributed by atoms with Crippen molar-refractivity contribution >= 4 is 0 Å². The third-order valence-corrected chi connectivity index (χ3v) is 4.51. The van der Waals surface area contributed by atoms with Crippen LogP contribution < -0.4 is 5.32 Å². The Labute approximate surface area is 115 Å². The van der Waals surface area contributed by atoms with Crippen LogP contribution in [-0.4, -0.2) is 37.1 Å². The standard InChI is InChI=1S/C16H34N2/c1-13(2)10-15-11-18(9-7-8-17-15)12-16(5,6)14(3)4/h13-15,17H,7-12H2,1-6H3. The van der Waals surface area contributed by atoms with Crippen LogP contribution in [0.2, 0.25) is 0 Å². The predicted octanol–water partition coefficient (Wildman–Crippen LogP) is 3.38. The number of rotatable bonds is 5. The summed E-state index contributed by atoms with van der Waals surface area (Å²) in [5.41, 5.74) is 0.423. The van der Waals surface area contributed by atoms with Crippen molar-refractivity contribution in [1.29, 1.82) is 0 Å². The molecule has 0 aliphatic carbocycles. The monoisotopic (exact) mass is 254 g/mol. The van der Waals surface area contributed by atoms with Gasteiger partial charge in [-0.25, -0.2) is 0 Å². The Balaban J connectivity index is 2.53. The minimum absolute atomic E-state index is 0.423. The first-order chi connectivity index (χ1) is 8.31. The van der Waals surface area contributed by atoms with Crippen LogP contribution >= 0.6 is 0 Å². The van der Waals surface area contributed by atoms with Crippen LogP contribution in [0.15, 0.2) is 0 Å². The molecular weight excluding hydrogens is 220 g/mol. The van der Waals surface area contributed by atoms with Crippen LogP contribution in [0.4, 0.5) is 0 Å². The highest BCUT2D eigenvalue weighted by Crippen LogP contribution is 2.27. The quantitative estimate of drug-likeness (QED) is 0.809. The zero-order chi connectivity index (χ0) is 13.8. The summed E-state index contributed by atoms with van der Waals surface area (Å²) < 4.78 is 0. The Morgan fingerprint density at radius 2 is 1.89 bits per heavy atom. The lowest BCUT2D eigenvalue weighted by Crippen LogP contribution is -2.43. The molecule has 0 aromatic heterocycles. The second kappa shape index (κ2) is 6.91. The smallest absolute Gasteiger partial charge is 0.0197 e. The molecule has 0 aromatic rings. The maximum absolute atomic E-state index is 3.72. The van der Waals surface area contributed by atoms with Crippen molar-refractivity contribution in [3.63, 3.8) is 0 Å². The summed E-state index contributed by atoms with van der Waals surface area (Å²) in [6, 6.07) is 0.690. The lowest BCUT2D eigenvalue weighted by Gasteiger charge is -2.36. The first-order valence-electron chi connectivity index (χ1n) is 7.77. The average molecular weight is 254 g/mol. The molecule has 1 rings (SSSR count). The van der Waals surface area contributed by atoms with Crippen LogP contribution in [0, 0.1) is 17.3 Å². The maximum Gasteiger partial charge on any atom is 0.0197 e. The van der Waals surface area contributed by atoms with Crippen LogP contribution in [0.3, 0.4) is 0 Å². The van der Waals surface area contributed by atoms with E-state index in [1.54, 1.807) is 0 Å². The third kappa shape index (κ3) is 5.27. The average Bonchev–Trinajstić information content (AvgIpc) is 2.41. The van der Waals surface area contributed by atoms with E-state index in [0.29, 0.717) is 11.5 Å². The van der Waals surface area contributed by atoms with Gasteiger partial charge in [0.1, 0.15) is 0 Å². The van der Waals surface area contributed by atoms with Crippen LogP contribution in [0.5, 0.6) is 0 Å². The van der Waals surface area contributed by atoms with Gasteiger partial charge >= 0.3 is 0 Å². The van der Waals surface area contributed by atoms with E-state index in [9.17, 15) is 0 Å². The highest BCUT2D eigenvalue weighted by molar-refractivity contribution is 4.82. The van der Waals surface area contributed by atoms with Crippen molar-refractivity contribution in [2.45, 2.75) is 60.4 Å². The molecule has 18 heavy (non-hydrogen) atoms. The van der Waals surface area contributed by atoms with Gasteiger partial charge in [-0.1, -0.05) is 41.5 Å². The van der Waals surface area contributed by atoms with E-state index < -0.39 is 0 Å². The van der Waals surface area contributed by atoms with E-state index >= 15 is 0 Å². The van der Waals surface area contributed by atoms with Gasteiger partial charge in [0.25, 0.3) is 0 Å². The van der Waals surface area contributed by atoms with E-state index in [1.807, 2.05) is 0 Å². The van der Waals surface area contributed by atoms with E-state index in [2.05, 4.69) is 51.8 Å². The fourth-order valence-corrected chi connectivity index (χ4v) is 2.71. The van der Waals surface area contributed by atoms with Crippen LogP contribution in [0.25, 0.3) is 0 Å². The fourth-order valence-electron chi connectivity index (χ4n) is 2.71. The lowest BCUT2D eigenvalue weighted by atomic mass is 9.80. The first-order valence-corrected chi connectivity index (χ1v) is 7.77. The minimum Gasteiger partial charge on any atom is -0.313 e. The highest BCUT2D eigenvalue weighted by atomic mass is 15.2. The summed E-state index contributed by atoms with van der Waals surface area (Å²) in [6.07, 6.45) is 2.60. The molecule has 108 valence electrons. The first kappa shape index (κ1) is 16.0. The fraction of sp³-hybridized carbons (Fsp3) is 1.00. The second-order valence-corrected chi connectivity index (χ2v) is 7.51. The van der Waals surface area contributed by atoms with Gasteiger partial charge in [0.2, 0.25) is 0 Å². The van der Waals surface area contributed by atoms with Gasteiger partial charge in [0.15, 0.2) is 0 Å². The van der Waals surface area contributed by atoms with E-state index in [4.69, 9.17) is 0 Å². The van der Waals surface area contributed by atoms with Crippen LogP contribution in [-0.2, 0) is 0 Å². The van der Waals surface area contributed by atoms with Crippen LogP contribution in [0.1, 0.15) is 54.4 Å². The van der Waals surface area contributed by atoms with Gasteiger partial charge in [-0.15, -0.1) is 0 Å².